The van der Waals surface area contributed by atoms with Gasteiger partial charge in [0.25, 0.3) is 0 Å². The van der Waals surface area contributed by atoms with Crippen molar-refractivity contribution in [3.8, 4) is 0 Å². The van der Waals surface area contributed by atoms with E-state index in [2.05, 4.69) is 4.72 Å². The summed E-state index contributed by atoms with van der Waals surface area (Å²) in [6.07, 6.45) is 4.64. The van der Waals surface area contributed by atoms with Gasteiger partial charge < -0.3 is 9.32 Å². The molecule has 1 aromatic heterocycles. The predicted octanol–water partition coefficient (Wildman–Crippen LogP) is 3.74. The number of aryl methyl sites for hydroxylation is 1. The minimum Gasteiger partial charge on any atom is -0.468 e. The zero-order chi connectivity index (χ0) is 21.6. The first-order valence-electron chi connectivity index (χ1n) is 9.44. The Labute approximate surface area is 176 Å². The van der Waals surface area contributed by atoms with Crippen molar-refractivity contribution in [2.45, 2.75) is 24.9 Å². The Kier molecular flexibility index (Phi) is 6.87. The summed E-state index contributed by atoms with van der Waals surface area (Å²) in [6.45, 7) is 2.62. The summed E-state index contributed by atoms with van der Waals surface area (Å²) in [6, 6.07) is 17.8. The summed E-state index contributed by atoms with van der Waals surface area (Å²) >= 11 is 0. The second-order valence-electron chi connectivity index (χ2n) is 6.99. The van der Waals surface area contributed by atoms with Gasteiger partial charge in [-0.1, -0.05) is 42.0 Å². The Morgan fingerprint density at radius 1 is 1.07 bits per heavy atom. The molecule has 0 aliphatic heterocycles. The molecule has 0 saturated carbocycles. The number of amides is 1. The average molecular weight is 425 g/mol. The van der Waals surface area contributed by atoms with Crippen LogP contribution in [0.4, 0.5) is 0 Å². The van der Waals surface area contributed by atoms with Crippen LogP contribution in [0.2, 0.25) is 0 Å². The number of carbonyl (C=O) groups is 1. The van der Waals surface area contributed by atoms with E-state index in [0.29, 0.717) is 12.3 Å². The van der Waals surface area contributed by atoms with Gasteiger partial charge in [0.15, 0.2) is 0 Å². The molecule has 1 heterocycles. The van der Waals surface area contributed by atoms with Gasteiger partial charge in [-0.05, 0) is 48.4 Å². The second kappa shape index (κ2) is 9.56. The fourth-order valence-electron chi connectivity index (χ4n) is 2.76. The number of sulfonamides is 1. The molecule has 0 saturated heterocycles. The van der Waals surface area contributed by atoms with Crippen molar-refractivity contribution in [1.29, 1.82) is 0 Å². The van der Waals surface area contributed by atoms with E-state index in [9.17, 15) is 13.2 Å². The van der Waals surface area contributed by atoms with E-state index in [1.165, 1.54) is 30.0 Å². The SMILES string of the molecule is Cc1ccc(CN(C)C(=O)/C=C/c2ccc(S(=O)(=O)NCc3ccco3)cc2)cc1. The molecule has 0 bridgehead atoms. The number of hydrogen-bond donors (Lipinski definition) is 1. The maximum absolute atomic E-state index is 12.4. The average Bonchev–Trinajstić information content (AvgIpc) is 3.26. The highest BCUT2D eigenvalue weighted by Gasteiger charge is 2.14. The van der Waals surface area contributed by atoms with Gasteiger partial charge in [-0.3, -0.25) is 4.79 Å². The third-order valence-corrected chi connectivity index (χ3v) is 5.96. The number of likely N-dealkylation sites (N-methyl/N-ethyl adjacent to an activating group) is 1. The lowest BCUT2D eigenvalue weighted by molar-refractivity contribution is -0.125. The normalized spacial score (nSPS) is 11.7. The Hall–Kier alpha value is -3.16. The van der Waals surface area contributed by atoms with Gasteiger partial charge in [0.05, 0.1) is 17.7 Å². The maximum Gasteiger partial charge on any atom is 0.246 e. The summed E-state index contributed by atoms with van der Waals surface area (Å²) in [5, 5.41) is 0. The highest BCUT2D eigenvalue weighted by atomic mass is 32.2. The molecule has 0 aliphatic carbocycles. The Bertz CT molecular complexity index is 1100. The van der Waals surface area contributed by atoms with Crippen molar-refractivity contribution in [2.75, 3.05) is 7.05 Å². The van der Waals surface area contributed by atoms with Crippen molar-refractivity contribution in [3.05, 3.63) is 95.5 Å². The summed E-state index contributed by atoms with van der Waals surface area (Å²) in [5.74, 6) is 0.402. The molecule has 3 aromatic rings. The van der Waals surface area contributed by atoms with Gasteiger partial charge in [-0.2, -0.15) is 0 Å². The molecule has 0 unspecified atom stereocenters. The summed E-state index contributed by atoms with van der Waals surface area (Å²) in [7, 11) is -1.90. The van der Waals surface area contributed by atoms with Crippen LogP contribution >= 0.6 is 0 Å². The molecule has 7 heteroatoms. The van der Waals surface area contributed by atoms with E-state index in [1.807, 2.05) is 31.2 Å². The molecule has 0 aliphatic rings. The third kappa shape index (κ3) is 5.92. The number of furan rings is 1. The number of benzene rings is 2. The summed E-state index contributed by atoms with van der Waals surface area (Å²) < 4.78 is 32.3. The Morgan fingerprint density at radius 2 is 1.77 bits per heavy atom. The van der Waals surface area contributed by atoms with Crippen LogP contribution in [0.3, 0.4) is 0 Å². The lowest BCUT2D eigenvalue weighted by atomic mass is 10.1. The zero-order valence-corrected chi connectivity index (χ0v) is 17.7. The van der Waals surface area contributed by atoms with Gasteiger partial charge in [0.1, 0.15) is 5.76 Å². The summed E-state index contributed by atoms with van der Waals surface area (Å²) in [5.41, 5.74) is 2.97. The van der Waals surface area contributed by atoms with E-state index in [1.54, 1.807) is 42.3 Å². The minimum absolute atomic E-state index is 0.0821. The molecule has 30 heavy (non-hydrogen) atoms. The molecule has 3 rings (SSSR count). The quantitative estimate of drug-likeness (QED) is 0.559. The first-order valence-corrected chi connectivity index (χ1v) is 10.9. The van der Waals surface area contributed by atoms with Crippen LogP contribution in [0.25, 0.3) is 6.08 Å². The van der Waals surface area contributed by atoms with Crippen LogP contribution in [0, 0.1) is 6.92 Å². The maximum atomic E-state index is 12.4. The van der Waals surface area contributed by atoms with Crippen LogP contribution in [0.15, 0.2) is 82.3 Å². The highest BCUT2D eigenvalue weighted by molar-refractivity contribution is 7.89. The number of nitrogens with one attached hydrogen (secondary N) is 1. The van der Waals surface area contributed by atoms with E-state index in [4.69, 9.17) is 4.42 Å². The van der Waals surface area contributed by atoms with Crippen molar-refractivity contribution in [1.82, 2.24) is 9.62 Å². The van der Waals surface area contributed by atoms with Crippen molar-refractivity contribution < 1.29 is 17.6 Å². The first kappa shape index (κ1) is 21.5. The van der Waals surface area contributed by atoms with Crippen LogP contribution in [-0.2, 0) is 27.9 Å². The second-order valence-corrected chi connectivity index (χ2v) is 8.75. The fourth-order valence-corrected chi connectivity index (χ4v) is 3.75. The van der Waals surface area contributed by atoms with Crippen LogP contribution in [-0.4, -0.2) is 26.3 Å². The molecular weight excluding hydrogens is 400 g/mol. The zero-order valence-electron chi connectivity index (χ0n) is 16.9. The molecule has 2 aromatic carbocycles. The molecule has 6 nitrogen and oxygen atoms in total. The molecule has 0 fully saturated rings. The minimum atomic E-state index is -3.64. The van der Waals surface area contributed by atoms with Gasteiger partial charge in [0, 0.05) is 19.7 Å². The Balaban J connectivity index is 1.58. The monoisotopic (exact) mass is 424 g/mol. The first-order chi connectivity index (χ1) is 14.3. The van der Waals surface area contributed by atoms with Crippen LogP contribution in [0.5, 0.6) is 0 Å². The van der Waals surface area contributed by atoms with E-state index < -0.39 is 10.0 Å². The molecule has 156 valence electrons. The predicted molar refractivity (Wildman–Crippen MR) is 116 cm³/mol. The lowest BCUT2D eigenvalue weighted by Gasteiger charge is -2.15. The molecule has 0 radical (unpaired) electrons. The van der Waals surface area contributed by atoms with Gasteiger partial charge in [0.2, 0.25) is 15.9 Å². The topological polar surface area (TPSA) is 79.6 Å². The van der Waals surface area contributed by atoms with Gasteiger partial charge >= 0.3 is 0 Å². The largest absolute Gasteiger partial charge is 0.468 e. The smallest absolute Gasteiger partial charge is 0.246 e. The van der Waals surface area contributed by atoms with Gasteiger partial charge in [-0.15, -0.1) is 0 Å². The van der Waals surface area contributed by atoms with Crippen LogP contribution in [0.1, 0.15) is 22.5 Å². The van der Waals surface area contributed by atoms with Crippen LogP contribution < -0.4 is 4.72 Å². The highest BCUT2D eigenvalue weighted by Crippen LogP contribution is 2.13. The van der Waals surface area contributed by atoms with Gasteiger partial charge in [-0.25, -0.2) is 13.1 Å². The number of hydrogen-bond acceptors (Lipinski definition) is 4. The fraction of sp³-hybridized carbons (Fsp3) is 0.174. The van der Waals surface area contributed by atoms with E-state index in [-0.39, 0.29) is 17.3 Å². The lowest BCUT2D eigenvalue weighted by Crippen LogP contribution is -2.24. The third-order valence-electron chi connectivity index (χ3n) is 4.54. The molecule has 0 spiro atoms. The number of rotatable bonds is 8. The molecular formula is C23H24N2O4S. The Morgan fingerprint density at radius 3 is 2.40 bits per heavy atom. The van der Waals surface area contributed by atoms with Crippen molar-refractivity contribution in [2.24, 2.45) is 0 Å². The number of carbonyl (C=O) groups excluding carboxylic acids is 1. The van der Waals surface area contributed by atoms with Crippen molar-refractivity contribution in [3.63, 3.8) is 0 Å². The molecule has 1 amide bonds. The van der Waals surface area contributed by atoms with E-state index in [0.717, 1.165) is 11.1 Å². The van der Waals surface area contributed by atoms with E-state index >= 15 is 0 Å². The number of nitrogens with zero attached hydrogens (tertiary/aromatic N) is 1. The standard InChI is InChI=1S/C23H24N2O4S/c1-18-5-7-20(8-6-18)17-25(2)23(26)14-11-19-9-12-22(13-10-19)30(27,28)24-16-21-4-3-15-29-21/h3-15,24H,16-17H2,1-2H3/b14-11+. The molecule has 0 atom stereocenters. The summed E-state index contributed by atoms with van der Waals surface area (Å²) in [4.78, 5) is 14.1. The van der Waals surface area contributed by atoms with Crippen molar-refractivity contribution >= 4 is 22.0 Å². The molecule has 1 N–H and O–H groups in total.